The number of fused-ring (bicyclic) bond motifs is 1. The summed E-state index contributed by atoms with van der Waals surface area (Å²) < 4.78 is 5.29. The molecule has 4 rings (SSSR count). The van der Waals surface area contributed by atoms with E-state index < -0.39 is 6.09 Å². The summed E-state index contributed by atoms with van der Waals surface area (Å²) in [5.41, 5.74) is 8.00. The summed E-state index contributed by atoms with van der Waals surface area (Å²) >= 11 is 0. The van der Waals surface area contributed by atoms with Gasteiger partial charge < -0.3 is 21.1 Å². The highest BCUT2D eigenvalue weighted by Crippen LogP contribution is 2.63. The Morgan fingerprint density at radius 1 is 1.07 bits per heavy atom. The minimum Gasteiger partial charge on any atom is -0.445 e. The van der Waals surface area contributed by atoms with Gasteiger partial charge in [-0.3, -0.25) is 4.79 Å². The molecular weight excluding hydrogens is 354 g/mol. The fourth-order valence-corrected chi connectivity index (χ4v) is 4.25. The van der Waals surface area contributed by atoms with Crippen LogP contribution >= 0.6 is 0 Å². The topological polar surface area (TPSA) is 93.5 Å². The van der Waals surface area contributed by atoms with E-state index >= 15 is 0 Å². The maximum Gasteiger partial charge on any atom is 0.407 e. The molecule has 2 amide bonds. The molecule has 146 valence electrons. The van der Waals surface area contributed by atoms with Gasteiger partial charge in [0.1, 0.15) is 6.61 Å². The molecule has 3 atom stereocenters. The molecule has 0 radical (unpaired) electrons. The van der Waals surface area contributed by atoms with Gasteiger partial charge in [-0.1, -0.05) is 42.5 Å². The van der Waals surface area contributed by atoms with Crippen LogP contribution in [0.15, 0.2) is 54.6 Å². The van der Waals surface area contributed by atoms with Crippen LogP contribution in [-0.2, 0) is 22.7 Å². The number of benzene rings is 2. The van der Waals surface area contributed by atoms with E-state index in [9.17, 15) is 9.59 Å². The van der Waals surface area contributed by atoms with Crippen LogP contribution in [-0.4, -0.2) is 18.0 Å². The number of rotatable bonds is 6. The van der Waals surface area contributed by atoms with Crippen LogP contribution in [0.2, 0.25) is 0 Å². The summed E-state index contributed by atoms with van der Waals surface area (Å²) in [6.07, 6.45) is 1.92. The summed E-state index contributed by atoms with van der Waals surface area (Å²) in [5.74, 6) is 0.359. The second kappa shape index (κ2) is 7.64. The van der Waals surface area contributed by atoms with Gasteiger partial charge in [0, 0.05) is 18.3 Å². The highest BCUT2D eigenvalue weighted by atomic mass is 16.5. The van der Waals surface area contributed by atoms with Crippen molar-refractivity contribution in [1.29, 1.82) is 0 Å². The van der Waals surface area contributed by atoms with Gasteiger partial charge in [0.15, 0.2) is 0 Å². The van der Waals surface area contributed by atoms with E-state index in [0.717, 1.165) is 29.7 Å². The Balaban J connectivity index is 1.28. The van der Waals surface area contributed by atoms with Crippen molar-refractivity contribution < 1.29 is 14.3 Å². The Morgan fingerprint density at radius 3 is 2.64 bits per heavy atom. The molecular formula is C22H25N3O3. The normalized spacial score (nSPS) is 24.9. The van der Waals surface area contributed by atoms with E-state index in [0.29, 0.717) is 18.9 Å². The number of alkyl carbamates (subject to hydrolysis) is 1. The standard InChI is InChI=1S/C22H25N3O3/c23-13-16-7-4-8-18(9-16)24-20(26)22-11-17(22)10-19(12-22)25-21(27)28-14-15-5-2-1-3-6-15/h1-9,17,19H,10-14,23H2,(H,24,26)(H,25,27)/t17-,19+,22+/m1/s1. The highest BCUT2D eigenvalue weighted by Gasteiger charge is 2.65. The van der Waals surface area contributed by atoms with Gasteiger partial charge in [-0.2, -0.15) is 0 Å². The van der Waals surface area contributed by atoms with Crippen molar-refractivity contribution in [1.82, 2.24) is 5.32 Å². The van der Waals surface area contributed by atoms with E-state index in [1.807, 2.05) is 54.6 Å². The number of amides is 2. The van der Waals surface area contributed by atoms with Crippen molar-refractivity contribution in [3.05, 3.63) is 65.7 Å². The molecule has 2 fully saturated rings. The molecule has 0 aliphatic heterocycles. The lowest BCUT2D eigenvalue weighted by molar-refractivity contribution is -0.121. The molecule has 6 heteroatoms. The monoisotopic (exact) mass is 379 g/mol. The summed E-state index contributed by atoms with van der Waals surface area (Å²) in [7, 11) is 0. The summed E-state index contributed by atoms with van der Waals surface area (Å²) in [5, 5.41) is 5.94. The van der Waals surface area contributed by atoms with E-state index in [4.69, 9.17) is 10.5 Å². The average molecular weight is 379 g/mol. The van der Waals surface area contributed by atoms with Crippen LogP contribution in [0.5, 0.6) is 0 Å². The lowest BCUT2D eigenvalue weighted by Gasteiger charge is -2.18. The summed E-state index contributed by atoms with van der Waals surface area (Å²) in [6, 6.07) is 17.1. The minimum absolute atomic E-state index is 0.0249. The molecule has 28 heavy (non-hydrogen) atoms. The molecule has 2 aromatic carbocycles. The molecule has 2 saturated carbocycles. The van der Waals surface area contributed by atoms with E-state index in [2.05, 4.69) is 10.6 Å². The lowest BCUT2D eigenvalue weighted by Crippen LogP contribution is -2.36. The molecule has 2 aromatic rings. The van der Waals surface area contributed by atoms with Crippen molar-refractivity contribution in [3.63, 3.8) is 0 Å². The number of carbonyl (C=O) groups excluding carboxylic acids is 2. The third-order valence-corrected chi connectivity index (χ3v) is 5.82. The Morgan fingerprint density at radius 2 is 1.86 bits per heavy atom. The molecule has 0 bridgehead atoms. The molecule has 2 aliphatic rings. The number of hydrogen-bond donors (Lipinski definition) is 3. The van der Waals surface area contributed by atoms with Crippen LogP contribution in [0.3, 0.4) is 0 Å². The summed E-state index contributed by atoms with van der Waals surface area (Å²) in [4.78, 5) is 24.9. The number of ether oxygens (including phenoxy) is 1. The second-order valence-corrected chi connectivity index (χ2v) is 7.76. The molecule has 4 N–H and O–H groups in total. The van der Waals surface area contributed by atoms with Gasteiger partial charge in [-0.05, 0) is 48.4 Å². The molecule has 0 spiro atoms. The lowest BCUT2D eigenvalue weighted by atomic mass is 10.0. The fraction of sp³-hybridized carbons (Fsp3) is 0.364. The van der Waals surface area contributed by atoms with Crippen LogP contribution in [0.4, 0.5) is 10.5 Å². The van der Waals surface area contributed by atoms with Crippen molar-refractivity contribution in [3.8, 4) is 0 Å². The number of nitrogens with one attached hydrogen (secondary N) is 2. The Kier molecular flexibility index (Phi) is 5.05. The van der Waals surface area contributed by atoms with Crippen LogP contribution in [0.25, 0.3) is 0 Å². The molecule has 0 aromatic heterocycles. The zero-order valence-corrected chi connectivity index (χ0v) is 15.7. The first-order valence-electron chi connectivity index (χ1n) is 9.67. The SMILES string of the molecule is NCc1cccc(NC(=O)[C@@]23C[C@@H](NC(=O)OCc4ccccc4)C[C@@H]2C3)c1. The van der Waals surface area contributed by atoms with Gasteiger partial charge in [-0.15, -0.1) is 0 Å². The van der Waals surface area contributed by atoms with Gasteiger partial charge in [0.05, 0.1) is 5.41 Å². The molecule has 0 unspecified atom stereocenters. The smallest absolute Gasteiger partial charge is 0.407 e. The van der Waals surface area contributed by atoms with E-state index in [1.54, 1.807) is 0 Å². The number of nitrogens with two attached hydrogens (primary N) is 1. The quantitative estimate of drug-likeness (QED) is 0.719. The maximum absolute atomic E-state index is 12.8. The van der Waals surface area contributed by atoms with Gasteiger partial charge in [-0.25, -0.2) is 4.79 Å². The van der Waals surface area contributed by atoms with Crippen molar-refractivity contribution >= 4 is 17.7 Å². The van der Waals surface area contributed by atoms with Gasteiger partial charge >= 0.3 is 6.09 Å². The van der Waals surface area contributed by atoms with Crippen molar-refractivity contribution in [2.45, 2.75) is 38.5 Å². The summed E-state index contributed by atoms with van der Waals surface area (Å²) in [6.45, 7) is 0.681. The van der Waals surface area contributed by atoms with Crippen molar-refractivity contribution in [2.24, 2.45) is 17.1 Å². The molecule has 0 saturated heterocycles. The van der Waals surface area contributed by atoms with Gasteiger partial charge in [0.2, 0.25) is 5.91 Å². The molecule has 2 aliphatic carbocycles. The predicted octanol–water partition coefficient (Wildman–Crippen LogP) is 3.18. The first-order valence-corrected chi connectivity index (χ1v) is 9.67. The average Bonchev–Trinajstić information content (AvgIpc) is 3.29. The predicted molar refractivity (Wildman–Crippen MR) is 106 cm³/mol. The fourth-order valence-electron chi connectivity index (χ4n) is 4.25. The molecule has 0 heterocycles. The van der Waals surface area contributed by atoms with Crippen LogP contribution < -0.4 is 16.4 Å². The number of hydrogen-bond acceptors (Lipinski definition) is 4. The highest BCUT2D eigenvalue weighted by molar-refractivity contribution is 5.98. The number of anilines is 1. The van der Waals surface area contributed by atoms with E-state index in [-0.39, 0.29) is 24.0 Å². The Labute approximate surface area is 164 Å². The van der Waals surface area contributed by atoms with Crippen molar-refractivity contribution in [2.75, 3.05) is 5.32 Å². The van der Waals surface area contributed by atoms with Gasteiger partial charge in [0.25, 0.3) is 0 Å². The van der Waals surface area contributed by atoms with Crippen LogP contribution in [0, 0.1) is 11.3 Å². The molecule has 6 nitrogen and oxygen atoms in total. The zero-order chi connectivity index (χ0) is 19.6. The first-order chi connectivity index (χ1) is 13.6. The maximum atomic E-state index is 12.8. The Hall–Kier alpha value is -2.86. The first kappa shape index (κ1) is 18.5. The largest absolute Gasteiger partial charge is 0.445 e. The van der Waals surface area contributed by atoms with E-state index in [1.165, 1.54) is 0 Å². The Bertz CT molecular complexity index is 870. The number of carbonyl (C=O) groups is 2. The third kappa shape index (κ3) is 3.87. The zero-order valence-electron chi connectivity index (χ0n) is 15.7. The minimum atomic E-state index is -0.429. The second-order valence-electron chi connectivity index (χ2n) is 7.76. The third-order valence-electron chi connectivity index (χ3n) is 5.82. The van der Waals surface area contributed by atoms with Crippen LogP contribution in [0.1, 0.15) is 30.4 Å².